The van der Waals surface area contributed by atoms with E-state index in [0.717, 1.165) is 17.0 Å². The molecule has 0 amide bonds. The van der Waals surface area contributed by atoms with Gasteiger partial charge in [-0.25, -0.2) is 9.98 Å². The minimum atomic E-state index is 0. The third-order valence-corrected chi connectivity index (χ3v) is 2.65. The van der Waals surface area contributed by atoms with Crippen molar-refractivity contribution in [3.63, 3.8) is 0 Å². The number of nitrogens with two attached hydrogens (primary N) is 1. The molecule has 0 saturated carbocycles. The number of rotatable bonds is 4. The van der Waals surface area contributed by atoms with Crippen molar-refractivity contribution >= 4 is 29.9 Å². The van der Waals surface area contributed by atoms with Crippen LogP contribution in [0.1, 0.15) is 25.2 Å². The van der Waals surface area contributed by atoms with Crippen LogP contribution in [0.4, 0.5) is 0 Å². The van der Waals surface area contributed by atoms with Crippen LogP contribution in [0.3, 0.4) is 0 Å². The average Bonchev–Trinajstić information content (AvgIpc) is 2.83. The van der Waals surface area contributed by atoms with Gasteiger partial charge in [0.1, 0.15) is 5.82 Å². The van der Waals surface area contributed by atoms with Gasteiger partial charge in [-0.1, -0.05) is 18.2 Å². The number of nitrogens with zero attached hydrogens (tertiary/aromatic N) is 3. The van der Waals surface area contributed by atoms with E-state index >= 15 is 0 Å². The van der Waals surface area contributed by atoms with Crippen molar-refractivity contribution in [3.05, 3.63) is 35.7 Å². The first kappa shape index (κ1) is 17.4. The molecule has 6 nitrogen and oxygen atoms in total. The molecule has 0 aliphatic rings. The van der Waals surface area contributed by atoms with Gasteiger partial charge in [0.05, 0.1) is 6.54 Å². The number of aromatic amines is 1. The highest BCUT2D eigenvalue weighted by atomic mass is 127. The zero-order valence-corrected chi connectivity index (χ0v) is 14.8. The molecule has 2 rings (SSSR count). The predicted molar refractivity (Wildman–Crippen MR) is 95.6 cm³/mol. The molecule has 4 N–H and O–H groups in total. The lowest BCUT2D eigenvalue weighted by molar-refractivity contribution is 0.723. The summed E-state index contributed by atoms with van der Waals surface area (Å²) in [6.07, 6.45) is 0. The Balaban J connectivity index is 0.00000220. The highest BCUT2D eigenvalue weighted by Crippen LogP contribution is 2.16. The lowest BCUT2D eigenvalue weighted by atomic mass is 10.1. The smallest absolute Gasteiger partial charge is 0.189 e. The van der Waals surface area contributed by atoms with Crippen molar-refractivity contribution in [1.82, 2.24) is 20.5 Å². The quantitative estimate of drug-likeness (QED) is 0.417. The van der Waals surface area contributed by atoms with Crippen molar-refractivity contribution in [1.29, 1.82) is 0 Å². The van der Waals surface area contributed by atoms with E-state index in [4.69, 9.17) is 5.73 Å². The van der Waals surface area contributed by atoms with Gasteiger partial charge < -0.3 is 11.1 Å². The fourth-order valence-corrected chi connectivity index (χ4v) is 1.80. The summed E-state index contributed by atoms with van der Waals surface area (Å²) < 4.78 is 0. The van der Waals surface area contributed by atoms with Crippen molar-refractivity contribution < 1.29 is 0 Å². The molecule has 114 valence electrons. The summed E-state index contributed by atoms with van der Waals surface area (Å²) in [4.78, 5) is 8.63. The number of aliphatic imine (C=N–C) groups is 1. The second-order valence-electron chi connectivity index (χ2n) is 4.95. The van der Waals surface area contributed by atoms with E-state index in [9.17, 15) is 0 Å². The summed E-state index contributed by atoms with van der Waals surface area (Å²) in [5, 5.41) is 10.1. The van der Waals surface area contributed by atoms with Crippen molar-refractivity contribution in [2.24, 2.45) is 10.7 Å². The Hall–Kier alpha value is -1.64. The Labute approximate surface area is 141 Å². The number of hydrogen-bond donors (Lipinski definition) is 3. The molecule has 0 unspecified atom stereocenters. The van der Waals surface area contributed by atoms with Crippen molar-refractivity contribution in [3.8, 4) is 11.4 Å². The number of halogens is 1. The molecule has 0 bridgehead atoms. The van der Waals surface area contributed by atoms with E-state index in [2.05, 4.69) is 25.5 Å². The molecule has 0 aliphatic heterocycles. The summed E-state index contributed by atoms with van der Waals surface area (Å²) in [6.45, 7) is 6.45. The Morgan fingerprint density at radius 3 is 2.81 bits per heavy atom. The molecule has 1 aromatic carbocycles. The lowest BCUT2D eigenvalue weighted by Gasteiger charge is -2.08. The molecule has 0 spiro atoms. The highest BCUT2D eigenvalue weighted by molar-refractivity contribution is 14.0. The maximum atomic E-state index is 5.78. The summed E-state index contributed by atoms with van der Waals surface area (Å²) in [5.74, 6) is 1.95. The van der Waals surface area contributed by atoms with Gasteiger partial charge in [0.2, 0.25) is 0 Å². The van der Waals surface area contributed by atoms with Crippen LogP contribution >= 0.6 is 24.0 Å². The van der Waals surface area contributed by atoms with Gasteiger partial charge in [-0.3, -0.25) is 5.10 Å². The Morgan fingerprint density at radius 2 is 2.19 bits per heavy atom. The number of aromatic nitrogens is 3. The largest absolute Gasteiger partial charge is 0.370 e. The van der Waals surface area contributed by atoms with Gasteiger partial charge in [0.15, 0.2) is 11.8 Å². The van der Waals surface area contributed by atoms with Crippen molar-refractivity contribution in [2.75, 3.05) is 0 Å². The van der Waals surface area contributed by atoms with Gasteiger partial charge in [-0.05, 0) is 32.4 Å². The lowest BCUT2D eigenvalue weighted by Crippen LogP contribution is -2.36. The number of benzene rings is 1. The van der Waals surface area contributed by atoms with E-state index < -0.39 is 0 Å². The minimum Gasteiger partial charge on any atom is -0.370 e. The minimum absolute atomic E-state index is 0. The second kappa shape index (κ2) is 7.96. The first-order valence-corrected chi connectivity index (χ1v) is 6.59. The number of H-pyrrole nitrogens is 1. The third-order valence-electron chi connectivity index (χ3n) is 2.65. The Kier molecular flexibility index (Phi) is 6.60. The highest BCUT2D eigenvalue weighted by Gasteiger charge is 2.04. The van der Waals surface area contributed by atoms with Crippen LogP contribution in [0.25, 0.3) is 11.4 Å². The van der Waals surface area contributed by atoms with E-state index in [-0.39, 0.29) is 30.0 Å². The van der Waals surface area contributed by atoms with Crippen LogP contribution in [-0.4, -0.2) is 27.2 Å². The number of nitrogens with one attached hydrogen (secondary N) is 2. The van der Waals surface area contributed by atoms with Gasteiger partial charge in [0.25, 0.3) is 0 Å². The van der Waals surface area contributed by atoms with Gasteiger partial charge in [-0.2, -0.15) is 5.10 Å². The second-order valence-corrected chi connectivity index (χ2v) is 4.95. The summed E-state index contributed by atoms with van der Waals surface area (Å²) in [6, 6.07) is 8.26. The molecule has 0 aliphatic carbocycles. The van der Waals surface area contributed by atoms with E-state index in [0.29, 0.717) is 18.3 Å². The summed E-state index contributed by atoms with van der Waals surface area (Å²) in [5.41, 5.74) is 7.82. The maximum absolute atomic E-state index is 5.78. The topological polar surface area (TPSA) is 92.0 Å². The van der Waals surface area contributed by atoms with Crippen LogP contribution in [-0.2, 0) is 6.54 Å². The normalized spacial score (nSPS) is 11.3. The summed E-state index contributed by atoms with van der Waals surface area (Å²) in [7, 11) is 0. The van der Waals surface area contributed by atoms with E-state index in [1.165, 1.54) is 0 Å². The molecule has 2 aromatic rings. The van der Waals surface area contributed by atoms with Gasteiger partial charge in [-0.15, -0.1) is 24.0 Å². The first-order chi connectivity index (χ1) is 9.54. The number of aryl methyl sites for hydroxylation is 1. The molecule has 0 fully saturated rings. The Morgan fingerprint density at radius 1 is 1.43 bits per heavy atom. The average molecular weight is 400 g/mol. The molecular formula is C14H21IN6. The van der Waals surface area contributed by atoms with Gasteiger partial charge in [0, 0.05) is 11.6 Å². The van der Waals surface area contributed by atoms with Crippen LogP contribution in [0, 0.1) is 6.92 Å². The maximum Gasteiger partial charge on any atom is 0.189 e. The Bertz CT molecular complexity index is 605. The fraction of sp³-hybridized carbons (Fsp3) is 0.357. The molecular weight excluding hydrogens is 379 g/mol. The molecule has 0 atom stereocenters. The van der Waals surface area contributed by atoms with Crippen LogP contribution in [0.5, 0.6) is 0 Å². The zero-order chi connectivity index (χ0) is 14.5. The van der Waals surface area contributed by atoms with Crippen molar-refractivity contribution in [2.45, 2.75) is 33.4 Å². The van der Waals surface area contributed by atoms with Crippen LogP contribution in [0.15, 0.2) is 29.3 Å². The number of hydrogen-bond acceptors (Lipinski definition) is 3. The first-order valence-electron chi connectivity index (χ1n) is 6.59. The molecule has 0 radical (unpaired) electrons. The molecule has 1 heterocycles. The standard InChI is InChI=1S/C14H20N6.HI/c1-9(2)17-14(15)16-8-11-5-4-6-12(7-11)13-18-10(3)19-20-13;/h4-7,9H,8H2,1-3H3,(H3,15,16,17)(H,18,19,20);1H. The van der Waals surface area contributed by atoms with E-state index in [1.54, 1.807) is 0 Å². The molecule has 7 heteroatoms. The molecule has 0 saturated heterocycles. The predicted octanol–water partition coefficient (Wildman–Crippen LogP) is 2.21. The van der Waals surface area contributed by atoms with Gasteiger partial charge >= 0.3 is 0 Å². The molecule has 1 aromatic heterocycles. The van der Waals surface area contributed by atoms with E-state index in [1.807, 2.05) is 45.0 Å². The third kappa shape index (κ3) is 5.33. The zero-order valence-electron chi connectivity index (χ0n) is 12.4. The van der Waals surface area contributed by atoms with Crippen LogP contribution < -0.4 is 11.1 Å². The van der Waals surface area contributed by atoms with Crippen LogP contribution in [0.2, 0.25) is 0 Å². The number of guanidine groups is 1. The SMILES string of the molecule is Cc1nc(-c2cccc(CN=C(N)NC(C)C)c2)n[nH]1.I. The monoisotopic (exact) mass is 400 g/mol. The molecule has 21 heavy (non-hydrogen) atoms. The summed E-state index contributed by atoms with van der Waals surface area (Å²) >= 11 is 0. The fourth-order valence-electron chi connectivity index (χ4n) is 1.80.